The van der Waals surface area contributed by atoms with Crippen LogP contribution < -0.4 is 11.1 Å². The molecule has 1 saturated heterocycles. The highest BCUT2D eigenvalue weighted by Gasteiger charge is 2.28. The Labute approximate surface area is 166 Å². The highest BCUT2D eigenvalue weighted by molar-refractivity contribution is 5.94. The maximum atomic E-state index is 14.0. The molecule has 0 saturated carbocycles. The number of halogens is 1. The topological polar surface area (TPSA) is 64.4 Å². The largest absolute Gasteiger partial charge is 0.377 e. The lowest BCUT2D eigenvalue weighted by Gasteiger charge is -2.32. The number of piperidine rings is 1. The second kappa shape index (κ2) is 10.3. The van der Waals surface area contributed by atoms with Gasteiger partial charge in [-0.25, -0.2) is 4.39 Å². The average Bonchev–Trinajstić information content (AvgIpc) is 2.72. The Kier molecular flexibility index (Phi) is 7.57. The molecule has 1 unspecified atom stereocenters. The van der Waals surface area contributed by atoms with Crippen molar-refractivity contribution < 1.29 is 13.9 Å². The second-order valence-electron chi connectivity index (χ2n) is 7.47. The lowest BCUT2D eigenvalue weighted by atomic mass is 9.76. The van der Waals surface area contributed by atoms with E-state index in [1.54, 1.807) is 0 Å². The summed E-state index contributed by atoms with van der Waals surface area (Å²) in [4.78, 5) is 11.9. The molecule has 1 aliphatic heterocycles. The molecule has 0 bridgehead atoms. The van der Waals surface area contributed by atoms with Crippen molar-refractivity contribution in [2.24, 2.45) is 11.7 Å². The van der Waals surface area contributed by atoms with Crippen molar-refractivity contribution in [2.45, 2.75) is 38.2 Å². The maximum absolute atomic E-state index is 14.0. The summed E-state index contributed by atoms with van der Waals surface area (Å²) < 4.78 is 19.8. The van der Waals surface area contributed by atoms with E-state index in [1.807, 2.05) is 30.3 Å². The quantitative estimate of drug-likeness (QED) is 0.642. The molecule has 1 aliphatic rings. The molecule has 0 radical (unpaired) electrons. The first-order chi connectivity index (χ1) is 13.6. The van der Waals surface area contributed by atoms with Crippen LogP contribution in [0.5, 0.6) is 0 Å². The summed E-state index contributed by atoms with van der Waals surface area (Å²) >= 11 is 0. The third kappa shape index (κ3) is 5.63. The lowest BCUT2D eigenvalue weighted by Crippen LogP contribution is -2.32. The van der Waals surface area contributed by atoms with Crippen LogP contribution in [0.2, 0.25) is 0 Å². The zero-order valence-electron chi connectivity index (χ0n) is 16.2. The number of hydrogen-bond acceptors (Lipinski definition) is 3. The van der Waals surface area contributed by atoms with Gasteiger partial charge in [0.05, 0.1) is 6.61 Å². The summed E-state index contributed by atoms with van der Waals surface area (Å²) in [7, 11) is 0. The summed E-state index contributed by atoms with van der Waals surface area (Å²) in [6.07, 6.45) is 3.74. The molecule has 0 aliphatic carbocycles. The first kappa shape index (κ1) is 20.5. The highest BCUT2D eigenvalue weighted by Crippen LogP contribution is 2.37. The van der Waals surface area contributed by atoms with Gasteiger partial charge in [-0.15, -0.1) is 0 Å². The molecule has 5 heteroatoms. The molecule has 2 aromatic carbocycles. The molecule has 3 rings (SSSR count). The number of rotatable bonds is 9. The Morgan fingerprint density at radius 2 is 1.93 bits per heavy atom. The first-order valence-electron chi connectivity index (χ1n) is 10.1. The van der Waals surface area contributed by atoms with Gasteiger partial charge in [0.2, 0.25) is 5.91 Å². The number of ether oxygens (including phenoxy) is 1. The van der Waals surface area contributed by atoms with Crippen molar-refractivity contribution >= 4 is 5.91 Å². The maximum Gasteiger partial charge on any atom is 0.248 e. The molecule has 3 N–H and O–H groups in total. The fourth-order valence-electron chi connectivity index (χ4n) is 4.13. The summed E-state index contributed by atoms with van der Waals surface area (Å²) in [6, 6.07) is 14.4. The number of nitrogens with two attached hydrogens (primary N) is 1. The Bertz CT molecular complexity index is 760. The van der Waals surface area contributed by atoms with Crippen LogP contribution in [-0.2, 0) is 11.3 Å². The van der Waals surface area contributed by atoms with E-state index >= 15 is 0 Å². The van der Waals surface area contributed by atoms with E-state index in [4.69, 9.17) is 10.5 Å². The average molecular weight is 384 g/mol. The molecule has 0 aromatic heterocycles. The molecule has 1 heterocycles. The minimum Gasteiger partial charge on any atom is -0.377 e. The molecule has 1 amide bonds. The zero-order chi connectivity index (χ0) is 19.8. The van der Waals surface area contributed by atoms with E-state index in [2.05, 4.69) is 5.32 Å². The molecule has 1 atom stereocenters. The summed E-state index contributed by atoms with van der Waals surface area (Å²) in [6.45, 7) is 3.13. The van der Waals surface area contributed by atoms with Crippen LogP contribution in [0.25, 0.3) is 0 Å². The minimum absolute atomic E-state index is 0.112. The predicted octanol–water partition coefficient (Wildman–Crippen LogP) is 4.00. The highest BCUT2D eigenvalue weighted by atomic mass is 19.1. The molecule has 0 spiro atoms. The Morgan fingerprint density at radius 1 is 1.18 bits per heavy atom. The summed E-state index contributed by atoms with van der Waals surface area (Å²) in [5.74, 6) is -0.288. The Hall–Kier alpha value is -2.24. The third-order valence-corrected chi connectivity index (χ3v) is 5.55. The van der Waals surface area contributed by atoms with Crippen LogP contribution in [-0.4, -0.2) is 25.6 Å². The van der Waals surface area contributed by atoms with Gasteiger partial charge in [0, 0.05) is 12.2 Å². The predicted molar refractivity (Wildman–Crippen MR) is 109 cm³/mol. The zero-order valence-corrected chi connectivity index (χ0v) is 16.2. The smallest absolute Gasteiger partial charge is 0.248 e. The number of primary amides is 1. The van der Waals surface area contributed by atoms with Gasteiger partial charge in [-0.05, 0) is 79.9 Å². The van der Waals surface area contributed by atoms with E-state index in [-0.39, 0.29) is 11.7 Å². The molecular weight excluding hydrogens is 355 g/mol. The normalized spacial score (nSPS) is 16.0. The summed E-state index contributed by atoms with van der Waals surface area (Å²) in [5, 5.41) is 3.37. The number of benzene rings is 2. The van der Waals surface area contributed by atoms with Crippen molar-refractivity contribution in [3.8, 4) is 0 Å². The van der Waals surface area contributed by atoms with E-state index in [0.717, 1.165) is 49.9 Å². The van der Waals surface area contributed by atoms with Gasteiger partial charge >= 0.3 is 0 Å². The van der Waals surface area contributed by atoms with Crippen molar-refractivity contribution in [1.29, 1.82) is 0 Å². The minimum atomic E-state index is -0.491. The molecule has 28 heavy (non-hydrogen) atoms. The molecule has 2 aromatic rings. The van der Waals surface area contributed by atoms with Gasteiger partial charge in [0.25, 0.3) is 0 Å². The van der Waals surface area contributed by atoms with Gasteiger partial charge in [0.1, 0.15) is 5.82 Å². The van der Waals surface area contributed by atoms with Crippen molar-refractivity contribution in [1.82, 2.24) is 5.32 Å². The van der Waals surface area contributed by atoms with Crippen LogP contribution in [0.15, 0.2) is 48.5 Å². The summed E-state index contributed by atoms with van der Waals surface area (Å²) in [5.41, 5.74) is 7.92. The van der Waals surface area contributed by atoms with E-state index < -0.39 is 5.91 Å². The van der Waals surface area contributed by atoms with Gasteiger partial charge in [0.15, 0.2) is 0 Å². The lowest BCUT2D eigenvalue weighted by molar-refractivity contribution is 0.0997. The van der Waals surface area contributed by atoms with Crippen LogP contribution in [0, 0.1) is 11.7 Å². The van der Waals surface area contributed by atoms with Gasteiger partial charge in [-0.3, -0.25) is 4.79 Å². The Morgan fingerprint density at radius 3 is 2.64 bits per heavy atom. The van der Waals surface area contributed by atoms with Gasteiger partial charge in [-0.1, -0.05) is 30.3 Å². The first-order valence-corrected chi connectivity index (χ1v) is 10.1. The van der Waals surface area contributed by atoms with Crippen LogP contribution in [0.3, 0.4) is 0 Å². The van der Waals surface area contributed by atoms with E-state index in [1.165, 1.54) is 18.2 Å². The van der Waals surface area contributed by atoms with Crippen molar-refractivity contribution in [2.75, 3.05) is 19.7 Å². The Balaban J connectivity index is 1.66. The van der Waals surface area contributed by atoms with E-state index in [9.17, 15) is 9.18 Å². The second-order valence-corrected chi connectivity index (χ2v) is 7.47. The number of carbonyl (C=O) groups is 1. The van der Waals surface area contributed by atoms with E-state index in [0.29, 0.717) is 24.7 Å². The van der Waals surface area contributed by atoms with Gasteiger partial charge in [-0.2, -0.15) is 0 Å². The number of nitrogens with one attached hydrogen (secondary N) is 1. The van der Waals surface area contributed by atoms with Crippen molar-refractivity contribution in [3.63, 3.8) is 0 Å². The third-order valence-electron chi connectivity index (χ3n) is 5.55. The van der Waals surface area contributed by atoms with Crippen LogP contribution in [0.4, 0.5) is 4.39 Å². The van der Waals surface area contributed by atoms with Crippen LogP contribution >= 0.6 is 0 Å². The van der Waals surface area contributed by atoms with Crippen molar-refractivity contribution in [3.05, 3.63) is 71.0 Å². The number of carbonyl (C=O) groups excluding carboxylic acids is 1. The molecular formula is C23H29FN2O2. The number of amides is 1. The monoisotopic (exact) mass is 384 g/mol. The number of hydrogen-bond donors (Lipinski definition) is 2. The van der Waals surface area contributed by atoms with Crippen LogP contribution in [0.1, 0.15) is 53.1 Å². The fraction of sp³-hybridized carbons (Fsp3) is 0.435. The molecule has 4 nitrogen and oxygen atoms in total. The molecule has 150 valence electrons. The SMILES string of the molecule is NC(=O)c1ccc(F)cc1C(CCCOCc1ccccc1)C1CCNCC1. The molecule has 1 fully saturated rings. The standard InChI is InChI=1S/C23H29FN2O2/c24-19-8-9-21(23(25)27)22(15-19)20(18-10-12-26-13-11-18)7-4-14-28-16-17-5-2-1-3-6-17/h1-3,5-6,8-9,15,18,20,26H,4,7,10-14,16H2,(H2,25,27). The fourth-order valence-corrected chi connectivity index (χ4v) is 4.13. The van der Waals surface area contributed by atoms with Gasteiger partial charge < -0.3 is 15.8 Å².